The quantitative estimate of drug-likeness (QED) is 0.487. The Morgan fingerprint density at radius 1 is 0.905 bits per heavy atom. The maximum absolute atomic E-state index is 11.1. The minimum Gasteiger partial charge on any atom is -0.293 e. The summed E-state index contributed by atoms with van der Waals surface area (Å²) in [5, 5.41) is 7.93. The van der Waals surface area contributed by atoms with Gasteiger partial charge in [-0.05, 0) is 37.5 Å². The molecule has 2 heterocycles. The average molecular weight is 357 g/mol. The Kier molecular flexibility index (Phi) is 5.88. The molecule has 2 aliphatic rings. The standard InChI is InChI=1S/C14H16N2OS4/c1-7(8(2)17)16-15-6-12-11(5)20-14(21-12)13-18-9(3)10(4)19-13/h6H,1-5H3/b15-6+,16-7+. The zero-order valence-corrected chi connectivity index (χ0v) is 15.8. The maximum Gasteiger partial charge on any atom is 0.175 e. The van der Waals surface area contributed by atoms with Crippen LogP contribution in [0.4, 0.5) is 0 Å². The van der Waals surface area contributed by atoms with Crippen LogP contribution >= 0.6 is 47.0 Å². The van der Waals surface area contributed by atoms with Crippen molar-refractivity contribution < 1.29 is 4.79 Å². The summed E-state index contributed by atoms with van der Waals surface area (Å²) in [6.07, 6.45) is 1.74. The molecule has 0 aromatic carbocycles. The lowest BCUT2D eigenvalue weighted by Gasteiger charge is -2.00. The number of hydrogen-bond acceptors (Lipinski definition) is 7. The lowest BCUT2D eigenvalue weighted by atomic mass is 10.3. The summed E-state index contributed by atoms with van der Waals surface area (Å²) >= 11 is 7.21. The van der Waals surface area contributed by atoms with Crippen LogP contribution in [-0.2, 0) is 4.79 Å². The molecular formula is C14H16N2OS4. The third-order valence-electron chi connectivity index (χ3n) is 2.84. The van der Waals surface area contributed by atoms with E-state index in [0.717, 1.165) is 4.91 Å². The van der Waals surface area contributed by atoms with Gasteiger partial charge in [-0.2, -0.15) is 10.2 Å². The Bertz CT molecular complexity index is 625. The molecule has 112 valence electrons. The van der Waals surface area contributed by atoms with E-state index in [1.54, 1.807) is 36.7 Å². The van der Waals surface area contributed by atoms with E-state index in [1.165, 1.54) is 30.1 Å². The molecule has 0 saturated heterocycles. The SMILES string of the molecule is CC(=O)/C(C)=N/N=C/C1=C(C)SC(=C2SC(C)=C(C)S2)S1. The molecule has 0 aliphatic carbocycles. The lowest BCUT2D eigenvalue weighted by molar-refractivity contribution is -0.111. The van der Waals surface area contributed by atoms with Crippen LogP contribution in [0.25, 0.3) is 0 Å². The number of hydrogen-bond donors (Lipinski definition) is 0. The van der Waals surface area contributed by atoms with Crippen LogP contribution in [-0.4, -0.2) is 17.7 Å². The summed E-state index contributed by atoms with van der Waals surface area (Å²) in [4.78, 5) is 16.2. The van der Waals surface area contributed by atoms with E-state index < -0.39 is 0 Å². The van der Waals surface area contributed by atoms with Crippen LogP contribution in [0.5, 0.6) is 0 Å². The van der Waals surface area contributed by atoms with Crippen molar-refractivity contribution >= 4 is 64.8 Å². The second kappa shape index (κ2) is 7.26. The van der Waals surface area contributed by atoms with Gasteiger partial charge in [-0.15, -0.1) is 0 Å². The van der Waals surface area contributed by atoms with Crippen molar-refractivity contribution in [1.82, 2.24) is 0 Å². The third-order valence-corrected chi connectivity index (χ3v) is 8.56. The molecule has 2 aliphatic heterocycles. The van der Waals surface area contributed by atoms with Gasteiger partial charge in [0.05, 0.1) is 14.7 Å². The van der Waals surface area contributed by atoms with Gasteiger partial charge in [-0.25, -0.2) is 0 Å². The number of ketones is 1. The van der Waals surface area contributed by atoms with Crippen LogP contribution in [0.3, 0.4) is 0 Å². The fraction of sp³-hybridized carbons (Fsp3) is 0.357. The topological polar surface area (TPSA) is 41.8 Å². The first-order valence-electron chi connectivity index (χ1n) is 6.31. The predicted octanol–water partition coefficient (Wildman–Crippen LogP) is 5.59. The number of nitrogens with zero attached hydrogens (tertiary/aromatic N) is 2. The van der Waals surface area contributed by atoms with Gasteiger partial charge in [0.1, 0.15) is 5.71 Å². The smallest absolute Gasteiger partial charge is 0.175 e. The molecule has 0 bridgehead atoms. The Morgan fingerprint density at radius 2 is 1.43 bits per heavy atom. The van der Waals surface area contributed by atoms with Crippen molar-refractivity contribution in [2.45, 2.75) is 34.6 Å². The zero-order valence-electron chi connectivity index (χ0n) is 12.5. The molecule has 0 aromatic rings. The van der Waals surface area contributed by atoms with Gasteiger partial charge in [-0.3, -0.25) is 4.79 Å². The lowest BCUT2D eigenvalue weighted by Crippen LogP contribution is -2.03. The molecule has 0 spiro atoms. The van der Waals surface area contributed by atoms with Crippen molar-refractivity contribution in [3.05, 3.63) is 28.1 Å². The third kappa shape index (κ3) is 4.31. The first kappa shape index (κ1) is 17.0. The second-order valence-corrected chi connectivity index (χ2v) is 9.75. The number of carbonyl (C=O) groups is 1. The van der Waals surface area contributed by atoms with E-state index in [9.17, 15) is 4.79 Å². The van der Waals surface area contributed by atoms with Gasteiger partial charge in [0.25, 0.3) is 0 Å². The van der Waals surface area contributed by atoms with E-state index in [1.807, 2.05) is 23.5 Å². The van der Waals surface area contributed by atoms with Crippen LogP contribution in [0.1, 0.15) is 34.6 Å². The van der Waals surface area contributed by atoms with Crippen LogP contribution in [0.2, 0.25) is 0 Å². The molecule has 0 fully saturated rings. The van der Waals surface area contributed by atoms with Crippen molar-refractivity contribution in [2.75, 3.05) is 0 Å². The monoisotopic (exact) mass is 356 g/mol. The summed E-state index contributed by atoms with van der Waals surface area (Å²) in [6, 6.07) is 0. The van der Waals surface area contributed by atoms with Crippen molar-refractivity contribution in [2.24, 2.45) is 10.2 Å². The summed E-state index contributed by atoms with van der Waals surface area (Å²) in [5.41, 5.74) is 0.427. The highest BCUT2D eigenvalue weighted by molar-refractivity contribution is 8.34. The molecule has 0 radical (unpaired) electrons. The first-order valence-corrected chi connectivity index (χ1v) is 9.57. The molecular weight excluding hydrogens is 340 g/mol. The Hall–Kier alpha value is -0.370. The van der Waals surface area contributed by atoms with Gasteiger partial charge >= 0.3 is 0 Å². The highest BCUT2D eigenvalue weighted by Crippen LogP contribution is 2.59. The van der Waals surface area contributed by atoms with Crippen molar-refractivity contribution in [3.8, 4) is 0 Å². The van der Waals surface area contributed by atoms with Crippen molar-refractivity contribution in [3.63, 3.8) is 0 Å². The molecule has 2 rings (SSSR count). The minimum absolute atomic E-state index is 0.0510. The number of thioether (sulfide) groups is 4. The number of Topliss-reactive ketones (excluding diaryl/α,β-unsaturated/α-hetero) is 1. The Balaban J connectivity index is 2.07. The number of rotatable bonds is 3. The van der Waals surface area contributed by atoms with E-state index in [4.69, 9.17) is 0 Å². The summed E-state index contributed by atoms with van der Waals surface area (Å²) in [7, 11) is 0. The van der Waals surface area contributed by atoms with Gasteiger partial charge in [-0.1, -0.05) is 47.0 Å². The highest BCUT2D eigenvalue weighted by atomic mass is 32.2. The molecule has 0 saturated carbocycles. The van der Waals surface area contributed by atoms with Gasteiger partial charge in [0.15, 0.2) is 5.78 Å². The Labute approximate surface area is 142 Å². The normalized spacial score (nSPS) is 20.5. The summed E-state index contributed by atoms with van der Waals surface area (Å²) in [5.74, 6) is -0.0510. The predicted molar refractivity (Wildman–Crippen MR) is 101 cm³/mol. The average Bonchev–Trinajstić information content (AvgIpc) is 2.94. The fourth-order valence-corrected chi connectivity index (χ4v) is 6.63. The number of allylic oxidation sites excluding steroid dienone is 4. The van der Waals surface area contributed by atoms with Crippen LogP contribution in [0.15, 0.2) is 38.3 Å². The van der Waals surface area contributed by atoms with E-state index >= 15 is 0 Å². The highest BCUT2D eigenvalue weighted by Gasteiger charge is 2.25. The van der Waals surface area contributed by atoms with Gasteiger partial charge in [0, 0.05) is 16.7 Å². The van der Waals surface area contributed by atoms with E-state index in [2.05, 4.69) is 31.0 Å². The van der Waals surface area contributed by atoms with Crippen molar-refractivity contribution in [1.29, 1.82) is 0 Å². The van der Waals surface area contributed by atoms with E-state index in [0.29, 0.717) is 5.71 Å². The number of carbonyl (C=O) groups excluding carboxylic acids is 1. The Morgan fingerprint density at radius 3 is 2.00 bits per heavy atom. The van der Waals surface area contributed by atoms with Crippen LogP contribution < -0.4 is 0 Å². The van der Waals surface area contributed by atoms with E-state index in [-0.39, 0.29) is 5.78 Å². The molecule has 7 heteroatoms. The van der Waals surface area contributed by atoms with Gasteiger partial charge < -0.3 is 0 Å². The molecule has 0 N–H and O–H groups in total. The minimum atomic E-state index is -0.0510. The summed E-state index contributed by atoms with van der Waals surface area (Å²) < 4.78 is 2.67. The van der Waals surface area contributed by atoms with Gasteiger partial charge in [0.2, 0.25) is 0 Å². The molecule has 3 nitrogen and oxygen atoms in total. The first-order chi connectivity index (χ1) is 9.88. The molecule has 0 amide bonds. The summed E-state index contributed by atoms with van der Waals surface area (Å²) in [6.45, 7) is 9.58. The second-order valence-electron chi connectivity index (χ2n) is 4.50. The fourth-order valence-electron chi connectivity index (χ4n) is 1.35. The molecule has 21 heavy (non-hydrogen) atoms. The molecule has 0 atom stereocenters. The molecule has 0 unspecified atom stereocenters. The van der Waals surface area contributed by atoms with Crippen LogP contribution in [0, 0.1) is 0 Å². The zero-order chi connectivity index (χ0) is 15.6. The molecule has 0 aromatic heterocycles. The maximum atomic E-state index is 11.1. The largest absolute Gasteiger partial charge is 0.293 e.